The Labute approximate surface area is 160 Å². The van der Waals surface area contributed by atoms with E-state index >= 15 is 0 Å². The van der Waals surface area contributed by atoms with Crippen LogP contribution in [0.5, 0.6) is 11.5 Å². The molecule has 0 bridgehead atoms. The first-order valence-electron chi connectivity index (χ1n) is 9.18. The molecule has 7 heteroatoms. The molecule has 1 atom stereocenters. The van der Waals surface area contributed by atoms with Gasteiger partial charge in [-0.25, -0.2) is 9.38 Å². The standard InChI is InChI=1S/C20H27FN4O2/c1-5-24-12-16-20(25(6-2)14-24)22-19(23(16)3)10-8-15-7-9-17(27-13-21)18(11-15)26-4/h7-12,19H,5-6,13-14H2,1-4H3/b10-8+. The number of alkyl halides is 1. The van der Waals surface area contributed by atoms with Crippen LogP contribution in [-0.4, -0.2) is 67.5 Å². The van der Waals surface area contributed by atoms with E-state index in [9.17, 15) is 4.39 Å². The van der Waals surface area contributed by atoms with Gasteiger partial charge in [-0.05, 0) is 37.6 Å². The molecule has 2 heterocycles. The first-order chi connectivity index (χ1) is 13.1. The van der Waals surface area contributed by atoms with Crippen LogP contribution >= 0.6 is 0 Å². The van der Waals surface area contributed by atoms with E-state index in [0.717, 1.165) is 36.9 Å². The van der Waals surface area contributed by atoms with E-state index in [1.165, 1.54) is 0 Å². The lowest BCUT2D eigenvalue weighted by molar-refractivity contribution is 0.184. The van der Waals surface area contributed by atoms with Crippen LogP contribution in [-0.2, 0) is 0 Å². The molecule has 1 aromatic carbocycles. The van der Waals surface area contributed by atoms with Crippen molar-refractivity contribution in [1.82, 2.24) is 14.7 Å². The van der Waals surface area contributed by atoms with Gasteiger partial charge in [0.05, 0.1) is 19.5 Å². The molecule has 0 aromatic heterocycles. The zero-order valence-electron chi connectivity index (χ0n) is 16.4. The summed E-state index contributed by atoms with van der Waals surface area (Å²) in [6.45, 7) is 6.18. The van der Waals surface area contributed by atoms with Crippen molar-refractivity contribution < 1.29 is 13.9 Å². The maximum atomic E-state index is 12.4. The third-order valence-corrected chi connectivity index (χ3v) is 4.86. The Kier molecular flexibility index (Phi) is 5.88. The lowest BCUT2D eigenvalue weighted by Gasteiger charge is -2.36. The molecule has 1 unspecified atom stereocenters. The summed E-state index contributed by atoms with van der Waals surface area (Å²) in [4.78, 5) is 11.6. The molecule has 0 saturated heterocycles. The van der Waals surface area contributed by atoms with E-state index in [1.807, 2.05) is 18.2 Å². The molecule has 0 amide bonds. The number of halogens is 1. The number of methoxy groups -OCH3 is 1. The second-order valence-corrected chi connectivity index (χ2v) is 6.42. The molecule has 146 valence electrons. The number of amidine groups is 1. The average Bonchev–Trinajstić information content (AvgIpc) is 3.02. The van der Waals surface area contributed by atoms with Gasteiger partial charge >= 0.3 is 0 Å². The smallest absolute Gasteiger partial charge is 0.228 e. The zero-order valence-corrected chi connectivity index (χ0v) is 16.4. The van der Waals surface area contributed by atoms with Gasteiger partial charge in [0.15, 0.2) is 17.3 Å². The van der Waals surface area contributed by atoms with E-state index in [-0.39, 0.29) is 6.17 Å². The van der Waals surface area contributed by atoms with Crippen LogP contribution in [0.4, 0.5) is 4.39 Å². The minimum absolute atomic E-state index is 0.0649. The minimum Gasteiger partial charge on any atom is -0.493 e. The molecule has 0 aliphatic carbocycles. The van der Waals surface area contributed by atoms with Gasteiger partial charge in [-0.2, -0.15) is 0 Å². The molecule has 0 radical (unpaired) electrons. The Bertz CT molecular complexity index is 762. The first-order valence-corrected chi connectivity index (χ1v) is 9.18. The Morgan fingerprint density at radius 1 is 1.26 bits per heavy atom. The van der Waals surface area contributed by atoms with E-state index in [4.69, 9.17) is 14.5 Å². The SMILES string of the molecule is CCN1C=C2C(=NC(/C=C/c3ccc(OCF)c(OC)c3)N2C)N(CC)C1. The summed E-state index contributed by atoms with van der Waals surface area (Å²) in [6.07, 6.45) is 6.18. The average molecular weight is 374 g/mol. The molecule has 0 N–H and O–H groups in total. The van der Waals surface area contributed by atoms with Crippen LogP contribution < -0.4 is 9.47 Å². The maximum Gasteiger partial charge on any atom is 0.228 e. The lowest BCUT2D eigenvalue weighted by Crippen LogP contribution is -2.45. The van der Waals surface area contributed by atoms with Gasteiger partial charge in [-0.15, -0.1) is 0 Å². The molecule has 0 spiro atoms. The minimum atomic E-state index is -0.881. The predicted molar refractivity (Wildman–Crippen MR) is 105 cm³/mol. The van der Waals surface area contributed by atoms with Crippen molar-refractivity contribution in [3.05, 3.63) is 41.7 Å². The van der Waals surface area contributed by atoms with Gasteiger partial charge in [0.2, 0.25) is 6.86 Å². The second kappa shape index (κ2) is 8.33. The van der Waals surface area contributed by atoms with Gasteiger partial charge < -0.3 is 24.2 Å². The number of aliphatic imine (C=N–C) groups is 1. The second-order valence-electron chi connectivity index (χ2n) is 6.42. The summed E-state index contributed by atoms with van der Waals surface area (Å²) in [5, 5.41) is 0. The fourth-order valence-corrected chi connectivity index (χ4v) is 3.25. The highest BCUT2D eigenvalue weighted by Crippen LogP contribution is 2.30. The number of fused-ring (bicyclic) bond motifs is 1. The molecule has 2 aliphatic rings. The fraction of sp³-hybridized carbons (Fsp3) is 0.450. The van der Waals surface area contributed by atoms with Crippen LogP contribution in [0.25, 0.3) is 6.08 Å². The van der Waals surface area contributed by atoms with Crippen molar-refractivity contribution in [2.24, 2.45) is 4.99 Å². The van der Waals surface area contributed by atoms with Crippen LogP contribution in [0.3, 0.4) is 0 Å². The quantitative estimate of drug-likeness (QED) is 0.733. The summed E-state index contributed by atoms with van der Waals surface area (Å²) >= 11 is 0. The highest BCUT2D eigenvalue weighted by atomic mass is 19.1. The van der Waals surface area contributed by atoms with Gasteiger partial charge in [-0.3, -0.25) is 0 Å². The van der Waals surface area contributed by atoms with E-state index < -0.39 is 6.86 Å². The Hall–Kier alpha value is -2.70. The van der Waals surface area contributed by atoms with Gasteiger partial charge in [0, 0.05) is 26.3 Å². The Morgan fingerprint density at radius 3 is 2.74 bits per heavy atom. The molecule has 0 saturated carbocycles. The summed E-state index contributed by atoms with van der Waals surface area (Å²) in [5.41, 5.74) is 2.09. The molecule has 2 aliphatic heterocycles. The Morgan fingerprint density at radius 2 is 2.07 bits per heavy atom. The van der Waals surface area contributed by atoms with Crippen molar-refractivity contribution in [3.8, 4) is 11.5 Å². The highest BCUT2D eigenvalue weighted by molar-refractivity contribution is 6.00. The number of hydrogen-bond acceptors (Lipinski definition) is 6. The predicted octanol–water partition coefficient (Wildman–Crippen LogP) is 3.14. The summed E-state index contributed by atoms with van der Waals surface area (Å²) < 4.78 is 22.6. The third kappa shape index (κ3) is 3.86. The number of ether oxygens (including phenoxy) is 2. The topological polar surface area (TPSA) is 40.5 Å². The number of hydrogen-bond donors (Lipinski definition) is 0. The number of rotatable bonds is 7. The fourth-order valence-electron chi connectivity index (χ4n) is 3.25. The molecule has 0 fully saturated rings. The molecule has 27 heavy (non-hydrogen) atoms. The number of nitrogens with zero attached hydrogens (tertiary/aromatic N) is 4. The summed E-state index contributed by atoms with van der Waals surface area (Å²) in [6, 6.07) is 5.41. The highest BCUT2D eigenvalue weighted by Gasteiger charge is 2.33. The lowest BCUT2D eigenvalue weighted by atomic mass is 10.1. The van der Waals surface area contributed by atoms with E-state index in [0.29, 0.717) is 11.5 Å². The van der Waals surface area contributed by atoms with Gasteiger partial charge in [0.1, 0.15) is 6.17 Å². The number of benzene rings is 1. The van der Waals surface area contributed by atoms with Crippen LogP contribution in [0, 0.1) is 0 Å². The third-order valence-electron chi connectivity index (χ3n) is 4.86. The van der Waals surface area contributed by atoms with Crippen LogP contribution in [0.2, 0.25) is 0 Å². The van der Waals surface area contributed by atoms with Crippen molar-refractivity contribution in [1.29, 1.82) is 0 Å². The zero-order chi connectivity index (χ0) is 19.4. The van der Waals surface area contributed by atoms with E-state index in [2.05, 4.69) is 47.9 Å². The molecule has 1 aromatic rings. The molecular weight excluding hydrogens is 347 g/mol. The normalized spacial score (nSPS) is 19.3. The van der Waals surface area contributed by atoms with Crippen molar-refractivity contribution >= 4 is 11.9 Å². The molecular formula is C20H27FN4O2. The summed E-state index contributed by atoms with van der Waals surface area (Å²) in [7, 11) is 3.60. The number of likely N-dealkylation sites (N-methyl/N-ethyl adjacent to an activating group) is 2. The largest absolute Gasteiger partial charge is 0.493 e. The van der Waals surface area contributed by atoms with E-state index in [1.54, 1.807) is 13.2 Å². The summed E-state index contributed by atoms with van der Waals surface area (Å²) in [5.74, 6) is 1.95. The van der Waals surface area contributed by atoms with Crippen LogP contribution in [0.1, 0.15) is 19.4 Å². The Balaban J connectivity index is 1.81. The molecule has 3 rings (SSSR count). The van der Waals surface area contributed by atoms with Crippen molar-refractivity contribution in [2.75, 3.05) is 40.8 Å². The van der Waals surface area contributed by atoms with Crippen molar-refractivity contribution in [3.63, 3.8) is 0 Å². The van der Waals surface area contributed by atoms with Crippen molar-refractivity contribution in [2.45, 2.75) is 20.0 Å². The first kappa shape index (κ1) is 19.1. The monoisotopic (exact) mass is 374 g/mol. The molecule has 6 nitrogen and oxygen atoms in total. The van der Waals surface area contributed by atoms with Gasteiger partial charge in [0.25, 0.3) is 0 Å². The van der Waals surface area contributed by atoms with Crippen LogP contribution in [0.15, 0.2) is 41.2 Å². The maximum absolute atomic E-state index is 12.4. The van der Waals surface area contributed by atoms with Gasteiger partial charge in [-0.1, -0.05) is 12.1 Å².